The highest BCUT2D eigenvalue weighted by molar-refractivity contribution is 6.41. The summed E-state index contributed by atoms with van der Waals surface area (Å²) in [5, 5.41) is -2.00. The van der Waals surface area contributed by atoms with Gasteiger partial charge in [-0.2, -0.15) is 0 Å². The Balaban J connectivity index is 1.29. The van der Waals surface area contributed by atoms with Crippen molar-refractivity contribution in [1.82, 2.24) is 19.9 Å². The SMILES string of the molecule is CCOC(=O)C(C(=O)OCC)=C1C2=NC(=C(c3c(F)c(F)c(F)c(F)c3F)C3=NC(=C(c4c(F)c(F)c(F)c(F)c4F)c4ccc([nH]4)C(=C(C(=O)OCC)C(=O)OCC)c4cccc(c4)C(=C(C(=O)OCC)C(=O)OCC)c4ccc([nH]4)C(c4c(F)c(F)c(F)c(F)c4F)=c4ccc([nH]4)=C(c4c(F)c(F)c(F)c(F)c4F)c4ccc([nH]4)C(=C(C(=O)OCC)C(=O)OCC)c4cccc1c4)C=C3)C=C2. The molecule has 0 amide bonds. The Kier molecular flexibility index (Phi) is 29.4. The second-order valence-corrected chi connectivity index (χ2v) is 28.8. The van der Waals surface area contributed by atoms with Crippen molar-refractivity contribution in [3.05, 3.63) is 361 Å². The third-order valence-electron chi connectivity index (χ3n) is 20.8. The number of H-pyrrole nitrogens is 4. The Labute approximate surface area is 763 Å². The van der Waals surface area contributed by atoms with Crippen LogP contribution in [0.4, 0.5) is 87.8 Å². The van der Waals surface area contributed by atoms with Crippen LogP contribution < -0.4 is 10.7 Å². The average molecular weight is 1940 g/mol. The minimum Gasteiger partial charge on any atom is -0.462 e. The monoisotopic (exact) mass is 1940 g/mol. The third kappa shape index (κ3) is 18.1. The average Bonchev–Trinajstić information content (AvgIpc) is 1.33. The molecule has 714 valence electrons. The molecule has 10 aromatic rings. The number of fused-ring (bicyclic) bond motifs is 14. The number of nitrogens with zero attached hydrogens (tertiary/aromatic N) is 2. The number of ether oxygens (including phenoxy) is 8. The molecular weight excluding hydrogens is 1870 g/mol. The van der Waals surface area contributed by atoms with Gasteiger partial charge in [-0.15, -0.1) is 0 Å². The van der Waals surface area contributed by atoms with Crippen molar-refractivity contribution in [3.63, 3.8) is 0 Å². The lowest BCUT2D eigenvalue weighted by molar-refractivity contribution is -0.148. The van der Waals surface area contributed by atoms with E-state index in [0.717, 1.165) is 91.0 Å². The summed E-state index contributed by atoms with van der Waals surface area (Å²) in [5.41, 5.74) is -33.0. The standard InChI is InChI=1S/C96H64F20N6O16/c1-9-131-89(123)65(90(124)132-10-2)53-37-19-17-20-38(35-37)54(66(91(125)133-11-3)92(126)134-12-4)42-24-28-46(118-42)58(62-71(99)79(107)86(114)80(108)72(62)100)51-33-34-52(122-51)60(64-75(103)83(111)88(116)84(112)76(64)104)48-30-26-44(120-48)56(68(95(129)137-15-7)96(130)138-16-8)40-22-18-21-39(36-40)55(67(93(127)135-13-5)94(128)136-14-6)43-25-29-47(119-43)59(63-73(101)81(109)87(115)82(110)74(63)102)50-32-31-49(121-50)57(45-27-23-41(53)117-45)61-69(97)77(105)85(113)78(106)70(61)98/h17-36,117-119,121H,9-16H2,1-8H3. The first-order valence-electron chi connectivity index (χ1n) is 41.0. The fraction of sp³-hybridized carbons (Fsp3) is 0.167. The van der Waals surface area contributed by atoms with Crippen molar-refractivity contribution in [2.45, 2.75) is 55.4 Å². The van der Waals surface area contributed by atoms with Gasteiger partial charge in [0.15, 0.2) is 115 Å². The molecule has 7 heterocycles. The van der Waals surface area contributed by atoms with Crippen LogP contribution in [0.25, 0.3) is 44.6 Å². The summed E-state index contributed by atoms with van der Waals surface area (Å²) in [7, 11) is 0. The van der Waals surface area contributed by atoms with Gasteiger partial charge in [-0.25, -0.2) is 136 Å². The zero-order valence-electron chi connectivity index (χ0n) is 72.2. The molecule has 0 fully saturated rings. The number of aromatic nitrogens is 4. The predicted molar refractivity (Wildman–Crippen MR) is 448 cm³/mol. The number of nitrogens with one attached hydrogen (secondary N) is 4. The van der Waals surface area contributed by atoms with Gasteiger partial charge < -0.3 is 57.8 Å². The number of rotatable bonds is 20. The van der Waals surface area contributed by atoms with Crippen LogP contribution in [0.1, 0.15) is 134 Å². The number of carbonyl (C=O) groups excluding carboxylic acids is 8. The van der Waals surface area contributed by atoms with Crippen molar-refractivity contribution in [2.24, 2.45) is 9.98 Å². The molecule has 0 saturated carbocycles. The molecule has 138 heavy (non-hydrogen) atoms. The normalized spacial score (nSPS) is 13.1. The molecule has 4 N–H and O–H groups in total. The number of carbonyl (C=O) groups is 8. The van der Waals surface area contributed by atoms with Crippen LogP contribution in [-0.2, 0) is 76.3 Å². The van der Waals surface area contributed by atoms with Crippen molar-refractivity contribution in [3.8, 4) is 0 Å². The van der Waals surface area contributed by atoms with Gasteiger partial charge >= 0.3 is 47.8 Å². The maximum absolute atomic E-state index is 17.2. The first-order chi connectivity index (χ1) is 65.8. The molecule has 3 aliphatic rings. The van der Waals surface area contributed by atoms with Gasteiger partial charge in [0.1, 0.15) is 0 Å². The highest BCUT2D eigenvalue weighted by atomic mass is 19.2. The first-order valence-corrected chi connectivity index (χ1v) is 41.0. The topological polar surface area (TPSA) is 298 Å². The number of halogens is 20. The van der Waals surface area contributed by atoms with Crippen LogP contribution >= 0.6 is 0 Å². The minimum atomic E-state index is -2.81. The zero-order chi connectivity index (χ0) is 100. The molecule has 0 atom stereocenters. The first kappa shape index (κ1) is 99.3. The largest absolute Gasteiger partial charge is 0.462 e. The lowest BCUT2D eigenvalue weighted by Crippen LogP contribution is -2.22. The summed E-state index contributed by atoms with van der Waals surface area (Å²) < 4.78 is 372. The summed E-state index contributed by atoms with van der Waals surface area (Å²) in [4.78, 5) is 137. The maximum atomic E-state index is 17.2. The van der Waals surface area contributed by atoms with Crippen LogP contribution in [0.3, 0.4) is 0 Å². The lowest BCUT2D eigenvalue weighted by Gasteiger charge is -2.17. The number of benzene rings is 6. The number of hydrogen-bond acceptors (Lipinski definition) is 18. The van der Waals surface area contributed by atoms with E-state index in [1.165, 1.54) is 55.4 Å². The lowest BCUT2D eigenvalue weighted by atomic mass is 9.90. The van der Waals surface area contributed by atoms with E-state index in [1.54, 1.807) is 0 Å². The van der Waals surface area contributed by atoms with E-state index in [2.05, 4.69) is 29.9 Å². The van der Waals surface area contributed by atoms with Gasteiger partial charge in [-0.3, -0.25) is 0 Å². The van der Waals surface area contributed by atoms with Crippen molar-refractivity contribution in [1.29, 1.82) is 0 Å². The Hall–Kier alpha value is -16.2. The van der Waals surface area contributed by atoms with Crippen LogP contribution in [0.5, 0.6) is 0 Å². The molecule has 4 aromatic heterocycles. The number of hydrogen-bond donors (Lipinski definition) is 4. The van der Waals surface area contributed by atoms with Gasteiger partial charge in [0, 0.05) is 89.4 Å². The Bertz CT molecular complexity index is 7180. The van der Waals surface area contributed by atoms with E-state index in [1.807, 2.05) is 0 Å². The Morgan fingerprint density at radius 3 is 0.717 bits per heavy atom. The van der Waals surface area contributed by atoms with E-state index in [-0.39, 0.29) is 0 Å². The van der Waals surface area contributed by atoms with Crippen LogP contribution in [0.2, 0.25) is 0 Å². The van der Waals surface area contributed by atoms with Gasteiger partial charge in [0.25, 0.3) is 0 Å². The molecule has 22 nitrogen and oxygen atoms in total. The van der Waals surface area contributed by atoms with E-state index in [4.69, 9.17) is 37.9 Å². The van der Waals surface area contributed by atoms with Crippen LogP contribution in [0.15, 0.2) is 165 Å². The quantitative estimate of drug-likeness (QED) is 0.00806. The van der Waals surface area contributed by atoms with Crippen LogP contribution in [0, 0.1) is 116 Å². The van der Waals surface area contributed by atoms with Crippen molar-refractivity contribution in [2.75, 3.05) is 52.9 Å². The molecular formula is C96H64F20N6O16. The fourth-order valence-corrected chi connectivity index (χ4v) is 15.1. The summed E-state index contributed by atoms with van der Waals surface area (Å²) in [6.07, 6.45) is 2.66. The number of esters is 8. The highest BCUT2D eigenvalue weighted by Crippen LogP contribution is 2.45. The van der Waals surface area contributed by atoms with Gasteiger partial charge in [0.05, 0.1) is 97.9 Å². The molecule has 0 unspecified atom stereocenters. The third-order valence-corrected chi connectivity index (χ3v) is 20.8. The second-order valence-electron chi connectivity index (χ2n) is 28.8. The van der Waals surface area contributed by atoms with E-state index in [0.29, 0.717) is 30.4 Å². The summed E-state index contributed by atoms with van der Waals surface area (Å²) >= 11 is 0. The van der Waals surface area contributed by atoms with Crippen molar-refractivity contribution < 1.29 is 164 Å². The molecule has 3 aliphatic heterocycles. The maximum Gasteiger partial charge on any atom is 0.346 e. The molecule has 0 saturated heterocycles. The highest BCUT2D eigenvalue weighted by Gasteiger charge is 2.42. The summed E-state index contributed by atoms with van der Waals surface area (Å²) in [6, 6.07) is 14.0. The molecule has 0 radical (unpaired) electrons. The molecule has 0 spiro atoms. The van der Waals surface area contributed by atoms with E-state index >= 15 is 87.8 Å². The Morgan fingerprint density at radius 2 is 0.442 bits per heavy atom. The second kappa shape index (κ2) is 40.9. The Morgan fingerprint density at radius 1 is 0.232 bits per heavy atom. The predicted octanol–water partition coefficient (Wildman–Crippen LogP) is 17.1. The zero-order valence-corrected chi connectivity index (χ0v) is 72.2. The number of allylic oxidation sites excluding steroid dienone is 6. The summed E-state index contributed by atoms with van der Waals surface area (Å²) in [5.74, 6) is -67.3. The van der Waals surface area contributed by atoms with Gasteiger partial charge in [0.2, 0.25) is 23.3 Å². The van der Waals surface area contributed by atoms with E-state index < -0.39 is 396 Å². The van der Waals surface area contributed by atoms with E-state index in [9.17, 15) is 38.4 Å². The van der Waals surface area contributed by atoms with Gasteiger partial charge in [-0.05, 0) is 163 Å². The number of aliphatic imine (C=N–C) groups is 2. The molecule has 16 bridgehead atoms. The fourth-order valence-electron chi connectivity index (χ4n) is 15.1. The molecule has 0 aliphatic carbocycles. The molecule has 6 aromatic carbocycles. The molecule has 13 rings (SSSR count). The smallest absolute Gasteiger partial charge is 0.346 e. The summed E-state index contributed by atoms with van der Waals surface area (Å²) in [6.45, 7) is 4.93. The minimum absolute atomic E-state index is 0.575. The molecule has 42 heteroatoms. The van der Waals surface area contributed by atoms with Crippen LogP contribution in [-0.4, -0.2) is 132 Å². The van der Waals surface area contributed by atoms with Crippen molar-refractivity contribution >= 4 is 104 Å². The number of aromatic amines is 4. The van der Waals surface area contributed by atoms with Gasteiger partial charge in [-0.1, -0.05) is 36.4 Å².